The van der Waals surface area contributed by atoms with Crippen LogP contribution in [-0.2, 0) is 11.2 Å². The Bertz CT molecular complexity index is 619. The van der Waals surface area contributed by atoms with Gasteiger partial charge in [0.25, 0.3) is 0 Å². The summed E-state index contributed by atoms with van der Waals surface area (Å²) in [6, 6.07) is 16.6. The number of likely N-dealkylation sites (N-methyl/N-ethyl adjacent to an activating group) is 1. The number of methoxy groups -OCH3 is 1. The van der Waals surface area contributed by atoms with Crippen LogP contribution in [0.4, 0.5) is 0 Å². The largest absolute Gasteiger partial charge is 0.496 e. The van der Waals surface area contributed by atoms with Crippen LogP contribution in [0.3, 0.4) is 0 Å². The summed E-state index contributed by atoms with van der Waals surface area (Å²) in [7, 11) is 3.43. The normalized spacial score (nSPS) is 11.3. The van der Waals surface area contributed by atoms with Gasteiger partial charge in [-0.3, -0.25) is 4.79 Å². The molecule has 0 spiro atoms. The molecule has 124 valence electrons. The molecule has 1 unspecified atom stereocenters. The average molecular weight is 335 g/mol. The molecule has 0 heterocycles. The van der Waals surface area contributed by atoms with Crippen molar-refractivity contribution in [2.24, 2.45) is 5.73 Å². The van der Waals surface area contributed by atoms with Crippen LogP contribution in [0.15, 0.2) is 54.6 Å². The second kappa shape index (κ2) is 9.18. The van der Waals surface area contributed by atoms with Crippen LogP contribution in [0.5, 0.6) is 5.75 Å². The highest BCUT2D eigenvalue weighted by Crippen LogP contribution is 2.18. The van der Waals surface area contributed by atoms with Crippen LogP contribution in [0.2, 0.25) is 0 Å². The molecule has 0 aromatic heterocycles. The summed E-state index contributed by atoms with van der Waals surface area (Å²) in [6.45, 7) is 0.597. The molecule has 0 saturated heterocycles. The summed E-state index contributed by atoms with van der Waals surface area (Å²) in [5.41, 5.74) is 7.96. The maximum Gasteiger partial charge on any atom is 0.243 e. The molecule has 23 heavy (non-hydrogen) atoms. The number of carbonyl (C=O) groups is 1. The smallest absolute Gasteiger partial charge is 0.243 e. The predicted molar refractivity (Wildman–Crippen MR) is 95.0 cm³/mol. The third-order valence-corrected chi connectivity index (χ3v) is 3.71. The quantitative estimate of drug-likeness (QED) is 0.883. The Balaban J connectivity index is 0.00000264. The SMILES string of the molecule is COc1ccccc1CCN(C)C(=O)C(N)c1ccccc1.Cl. The summed E-state index contributed by atoms with van der Waals surface area (Å²) < 4.78 is 5.33. The van der Waals surface area contributed by atoms with Crippen molar-refractivity contribution in [1.82, 2.24) is 4.90 Å². The Labute approximate surface area is 143 Å². The minimum Gasteiger partial charge on any atom is -0.496 e. The highest BCUT2D eigenvalue weighted by molar-refractivity contribution is 5.85. The second-order valence-electron chi connectivity index (χ2n) is 5.21. The zero-order chi connectivity index (χ0) is 15.9. The number of carbonyl (C=O) groups excluding carboxylic acids is 1. The molecule has 2 N–H and O–H groups in total. The van der Waals surface area contributed by atoms with Gasteiger partial charge < -0.3 is 15.4 Å². The number of hydrogen-bond donors (Lipinski definition) is 1. The number of benzene rings is 2. The number of nitrogens with zero attached hydrogens (tertiary/aromatic N) is 1. The molecule has 1 atom stereocenters. The first kappa shape index (κ1) is 19.0. The van der Waals surface area contributed by atoms with Crippen LogP contribution in [-0.4, -0.2) is 31.5 Å². The van der Waals surface area contributed by atoms with E-state index >= 15 is 0 Å². The lowest BCUT2D eigenvalue weighted by Crippen LogP contribution is -2.37. The molecule has 0 saturated carbocycles. The third kappa shape index (κ3) is 4.98. The Kier molecular flexibility index (Phi) is 7.59. The van der Waals surface area contributed by atoms with Gasteiger partial charge in [0, 0.05) is 13.6 Å². The van der Waals surface area contributed by atoms with Crippen molar-refractivity contribution in [2.45, 2.75) is 12.5 Å². The van der Waals surface area contributed by atoms with Crippen molar-refractivity contribution in [3.8, 4) is 5.75 Å². The Hall–Kier alpha value is -2.04. The van der Waals surface area contributed by atoms with Gasteiger partial charge in [-0.05, 0) is 23.6 Å². The van der Waals surface area contributed by atoms with Crippen LogP contribution in [0, 0.1) is 0 Å². The molecule has 0 bridgehead atoms. The van der Waals surface area contributed by atoms with E-state index in [0.717, 1.165) is 23.3 Å². The van der Waals surface area contributed by atoms with Gasteiger partial charge in [-0.25, -0.2) is 0 Å². The van der Waals surface area contributed by atoms with E-state index in [-0.39, 0.29) is 18.3 Å². The van der Waals surface area contributed by atoms with Crippen LogP contribution >= 0.6 is 12.4 Å². The summed E-state index contributed by atoms with van der Waals surface area (Å²) in [6.07, 6.45) is 0.730. The first-order valence-electron chi connectivity index (χ1n) is 7.31. The van der Waals surface area contributed by atoms with Gasteiger partial charge >= 0.3 is 0 Å². The Morgan fingerprint density at radius 3 is 2.39 bits per heavy atom. The van der Waals surface area contributed by atoms with Crippen molar-refractivity contribution in [2.75, 3.05) is 20.7 Å². The second-order valence-corrected chi connectivity index (χ2v) is 5.21. The van der Waals surface area contributed by atoms with Crippen molar-refractivity contribution < 1.29 is 9.53 Å². The minimum atomic E-state index is -0.621. The van der Waals surface area contributed by atoms with E-state index < -0.39 is 6.04 Å². The average Bonchev–Trinajstić information content (AvgIpc) is 2.59. The molecule has 4 nitrogen and oxygen atoms in total. The first-order valence-corrected chi connectivity index (χ1v) is 7.31. The lowest BCUT2D eigenvalue weighted by atomic mass is 10.1. The van der Waals surface area contributed by atoms with Crippen LogP contribution < -0.4 is 10.5 Å². The van der Waals surface area contributed by atoms with E-state index in [0.29, 0.717) is 6.54 Å². The summed E-state index contributed by atoms with van der Waals surface area (Å²) in [5, 5.41) is 0. The van der Waals surface area contributed by atoms with Crippen molar-refractivity contribution in [3.63, 3.8) is 0 Å². The van der Waals surface area contributed by atoms with Crippen LogP contribution in [0.25, 0.3) is 0 Å². The molecule has 2 aromatic rings. The van der Waals surface area contributed by atoms with E-state index in [9.17, 15) is 4.79 Å². The fourth-order valence-corrected chi connectivity index (χ4v) is 2.35. The van der Waals surface area contributed by atoms with E-state index in [1.807, 2.05) is 54.6 Å². The van der Waals surface area contributed by atoms with Gasteiger partial charge in [0.15, 0.2) is 0 Å². The zero-order valence-corrected chi connectivity index (χ0v) is 14.3. The molecule has 0 fully saturated rings. The number of para-hydroxylation sites is 1. The number of hydrogen-bond acceptors (Lipinski definition) is 3. The fraction of sp³-hybridized carbons (Fsp3) is 0.278. The number of nitrogens with two attached hydrogens (primary N) is 1. The number of ether oxygens (including phenoxy) is 1. The fourth-order valence-electron chi connectivity index (χ4n) is 2.35. The van der Waals surface area contributed by atoms with Crippen molar-refractivity contribution in [1.29, 1.82) is 0 Å². The van der Waals surface area contributed by atoms with E-state index in [1.54, 1.807) is 19.1 Å². The Morgan fingerprint density at radius 2 is 1.74 bits per heavy atom. The van der Waals surface area contributed by atoms with Gasteiger partial charge in [-0.15, -0.1) is 12.4 Å². The molecule has 5 heteroatoms. The molecule has 2 aromatic carbocycles. The molecular weight excluding hydrogens is 312 g/mol. The molecular formula is C18H23ClN2O2. The van der Waals surface area contributed by atoms with Gasteiger partial charge in [0.05, 0.1) is 7.11 Å². The predicted octanol–water partition coefficient (Wildman–Crippen LogP) is 2.82. The van der Waals surface area contributed by atoms with Crippen LogP contribution in [0.1, 0.15) is 17.2 Å². The maximum absolute atomic E-state index is 12.4. The number of halogens is 1. The molecule has 1 amide bonds. The van der Waals surface area contributed by atoms with E-state index in [2.05, 4.69) is 0 Å². The highest BCUT2D eigenvalue weighted by atomic mass is 35.5. The lowest BCUT2D eigenvalue weighted by Gasteiger charge is -2.22. The van der Waals surface area contributed by atoms with Gasteiger partial charge in [0.1, 0.15) is 11.8 Å². The number of amides is 1. The first-order chi connectivity index (χ1) is 10.6. The summed E-state index contributed by atoms with van der Waals surface area (Å²) >= 11 is 0. The highest BCUT2D eigenvalue weighted by Gasteiger charge is 2.19. The van der Waals surface area contributed by atoms with Crippen molar-refractivity contribution in [3.05, 3.63) is 65.7 Å². The molecule has 0 aliphatic carbocycles. The van der Waals surface area contributed by atoms with Crippen molar-refractivity contribution >= 4 is 18.3 Å². The minimum absolute atomic E-state index is 0. The topological polar surface area (TPSA) is 55.6 Å². The summed E-state index contributed by atoms with van der Waals surface area (Å²) in [4.78, 5) is 14.1. The standard InChI is InChI=1S/C18H22N2O2.ClH/c1-20(13-12-14-8-6-7-11-16(14)22-2)18(21)17(19)15-9-4-3-5-10-15;/h3-11,17H,12-13,19H2,1-2H3;1H. The molecule has 0 aliphatic rings. The van der Waals surface area contributed by atoms with Gasteiger partial charge in [-0.1, -0.05) is 48.5 Å². The van der Waals surface area contributed by atoms with E-state index in [1.165, 1.54) is 0 Å². The van der Waals surface area contributed by atoms with Gasteiger partial charge in [0.2, 0.25) is 5.91 Å². The zero-order valence-electron chi connectivity index (χ0n) is 13.4. The maximum atomic E-state index is 12.4. The Morgan fingerprint density at radius 1 is 1.13 bits per heavy atom. The monoisotopic (exact) mass is 334 g/mol. The summed E-state index contributed by atoms with van der Waals surface area (Å²) in [5.74, 6) is 0.761. The lowest BCUT2D eigenvalue weighted by molar-refractivity contribution is -0.131. The van der Waals surface area contributed by atoms with Gasteiger partial charge in [-0.2, -0.15) is 0 Å². The third-order valence-electron chi connectivity index (χ3n) is 3.71. The molecule has 0 radical (unpaired) electrons. The van der Waals surface area contributed by atoms with E-state index in [4.69, 9.17) is 10.5 Å². The molecule has 2 rings (SSSR count). The number of rotatable bonds is 6. The molecule has 0 aliphatic heterocycles.